The molecule has 2 aromatic rings. The van der Waals surface area contributed by atoms with Gasteiger partial charge in [-0.15, -0.1) is 0 Å². The number of nitrogens with zero attached hydrogens (tertiary/aromatic N) is 2. The molecule has 0 bridgehead atoms. The van der Waals surface area contributed by atoms with Crippen LogP contribution < -0.4 is 20.1 Å². The normalized spacial score (nSPS) is 30.8. The Morgan fingerprint density at radius 2 is 2.06 bits per heavy atom. The second kappa shape index (κ2) is 14.1. The Morgan fingerprint density at radius 1 is 1.26 bits per heavy atom. The van der Waals surface area contributed by atoms with Gasteiger partial charge in [-0.05, 0) is 70.1 Å². The molecule has 1 aromatic heterocycles. The summed E-state index contributed by atoms with van der Waals surface area (Å²) in [5.41, 5.74) is -1.71. The van der Waals surface area contributed by atoms with Gasteiger partial charge in [0.1, 0.15) is 17.6 Å². The third-order valence-electron chi connectivity index (χ3n) is 10.7. The summed E-state index contributed by atoms with van der Waals surface area (Å²) in [6.45, 7) is 8.07. The number of aryl methyl sites for hydroxylation is 1. The van der Waals surface area contributed by atoms with Crippen LogP contribution in [0.15, 0.2) is 42.5 Å². The van der Waals surface area contributed by atoms with Crippen molar-refractivity contribution in [2.45, 2.75) is 114 Å². The molecule has 2 amide bonds. The van der Waals surface area contributed by atoms with Gasteiger partial charge in [-0.25, -0.2) is 9.78 Å². The minimum atomic E-state index is -4.81. The maximum Gasteiger partial charge on any atom is 0.437 e. The van der Waals surface area contributed by atoms with Gasteiger partial charge in [0.25, 0.3) is 0 Å². The number of methoxy groups -OCH3 is 1. The largest absolute Gasteiger partial charge is 0.497 e. The summed E-state index contributed by atoms with van der Waals surface area (Å²) in [5.74, 6) is -0.211. The summed E-state index contributed by atoms with van der Waals surface area (Å²) in [6, 6.07) is 2.93. The number of fused-ring (bicyclic) bond motifs is 5. The first-order chi connectivity index (χ1) is 23.8. The van der Waals surface area contributed by atoms with E-state index in [9.17, 15) is 27.9 Å². The number of carbonyl (C=O) groups is 2. The Labute approximate surface area is 290 Å². The summed E-state index contributed by atoms with van der Waals surface area (Å²) < 4.78 is 60.9. The molecule has 1 aliphatic carbocycles. The molecule has 4 aliphatic rings. The van der Waals surface area contributed by atoms with Crippen LogP contribution in [0.1, 0.15) is 82.9 Å². The van der Waals surface area contributed by atoms with Crippen molar-refractivity contribution >= 4 is 22.9 Å². The molecule has 3 aliphatic heterocycles. The van der Waals surface area contributed by atoms with Crippen LogP contribution in [0.2, 0.25) is 0 Å². The van der Waals surface area contributed by atoms with Crippen molar-refractivity contribution in [2.24, 2.45) is 5.92 Å². The zero-order valence-corrected chi connectivity index (χ0v) is 28.9. The van der Waals surface area contributed by atoms with Gasteiger partial charge in [0.05, 0.1) is 36.9 Å². The number of amides is 2. The molecule has 13 heteroatoms. The minimum absolute atomic E-state index is 0.0164. The molecule has 1 saturated carbocycles. The number of hydrogen-bond donors (Lipinski definition) is 3. The van der Waals surface area contributed by atoms with E-state index in [0.717, 1.165) is 24.8 Å². The lowest BCUT2D eigenvalue weighted by Crippen LogP contribution is -2.57. The molecule has 6 rings (SSSR count). The van der Waals surface area contributed by atoms with Crippen molar-refractivity contribution in [2.75, 3.05) is 20.3 Å². The first-order valence-electron chi connectivity index (χ1n) is 17.6. The molecule has 4 heterocycles. The highest BCUT2D eigenvalue weighted by atomic mass is 19.4. The lowest BCUT2D eigenvalue weighted by molar-refractivity contribution is -0.144. The summed E-state index contributed by atoms with van der Waals surface area (Å²) in [6.07, 6.45) is 2.95. The van der Waals surface area contributed by atoms with Gasteiger partial charge >= 0.3 is 12.3 Å². The Morgan fingerprint density at radius 3 is 2.78 bits per heavy atom. The van der Waals surface area contributed by atoms with Crippen LogP contribution >= 0.6 is 0 Å². The Balaban J connectivity index is 1.39. The second-order valence-corrected chi connectivity index (χ2v) is 14.2. The third-order valence-corrected chi connectivity index (χ3v) is 10.7. The van der Waals surface area contributed by atoms with Crippen molar-refractivity contribution in [1.82, 2.24) is 20.5 Å². The number of carbonyl (C=O) groups excluding carboxylic acids is 2. The van der Waals surface area contributed by atoms with Crippen LogP contribution in [0, 0.1) is 5.92 Å². The predicted molar refractivity (Wildman–Crippen MR) is 181 cm³/mol. The Kier molecular flexibility index (Phi) is 10.1. The fourth-order valence-corrected chi connectivity index (χ4v) is 7.88. The molecule has 10 nitrogen and oxygen atoms in total. The van der Waals surface area contributed by atoms with Crippen molar-refractivity contribution in [3.8, 4) is 11.5 Å². The van der Waals surface area contributed by atoms with Crippen molar-refractivity contribution in [1.29, 1.82) is 0 Å². The number of aromatic nitrogens is 1. The van der Waals surface area contributed by atoms with Crippen molar-refractivity contribution in [3.05, 3.63) is 53.8 Å². The van der Waals surface area contributed by atoms with Gasteiger partial charge in [-0.2, -0.15) is 13.2 Å². The minimum Gasteiger partial charge on any atom is -0.497 e. The fraction of sp³-hybridized carbons (Fsp3) is 0.595. The van der Waals surface area contributed by atoms with Gasteiger partial charge in [-0.1, -0.05) is 44.1 Å². The number of allylic oxidation sites excluding steroid dienone is 1. The smallest absolute Gasteiger partial charge is 0.437 e. The van der Waals surface area contributed by atoms with Gasteiger partial charge in [0.2, 0.25) is 5.91 Å². The van der Waals surface area contributed by atoms with Crippen LogP contribution in [0.4, 0.5) is 18.0 Å². The number of hydrogen-bond acceptors (Lipinski definition) is 8. The number of alkyl halides is 3. The molecule has 1 aromatic carbocycles. The molecule has 0 radical (unpaired) electrons. The lowest BCUT2D eigenvalue weighted by Gasteiger charge is -2.38. The zero-order valence-electron chi connectivity index (χ0n) is 28.9. The van der Waals surface area contributed by atoms with Crippen LogP contribution in [0.3, 0.4) is 0 Å². The highest BCUT2D eigenvalue weighted by Crippen LogP contribution is 2.51. The third kappa shape index (κ3) is 7.03. The summed E-state index contributed by atoms with van der Waals surface area (Å²) in [4.78, 5) is 32.7. The summed E-state index contributed by atoms with van der Waals surface area (Å²) in [5, 5.41) is 18.5. The van der Waals surface area contributed by atoms with E-state index in [2.05, 4.69) is 34.3 Å². The quantitative estimate of drug-likeness (QED) is 0.316. The maximum atomic E-state index is 14.6. The number of rotatable bonds is 5. The molecule has 1 saturated heterocycles. The molecule has 6 atom stereocenters. The second-order valence-electron chi connectivity index (χ2n) is 14.2. The monoisotopic (exact) mass is 700 g/mol. The zero-order chi connectivity index (χ0) is 35.8. The SMILES string of the molecule is C=C(C)[C@@]12C[C@H]1/C=C\CCCCC[C@H](NC(=O)OCCC)C(O)N1C[C@@]3(CCc4c(c(C(F)(F)F)nc5ccc(OC)cc45)O3)C[C@H]1C(=O)N2. The van der Waals surface area contributed by atoms with Crippen molar-refractivity contribution < 1.29 is 42.1 Å². The van der Waals surface area contributed by atoms with Gasteiger partial charge in [-0.3, -0.25) is 9.69 Å². The molecule has 1 unspecified atom stereocenters. The standard InChI is InChI=1S/C37H47F3N4O6/c1-5-17-49-34(47)42-28-12-10-8-6-7-9-11-23-19-36(23,22(2)3)43-32(45)29-20-35(21-44(29)33(28)46)16-15-25-26-18-24(48-4)13-14-27(26)41-31(30(25)50-35)37(38,39)40/h9,11,13-14,18,23,28-29,33,46H,2,5-8,10,12,15-17,19-21H2,1,3-4H3,(H,42,47)(H,43,45)/b11-9-/t23-,28+,29+,33?,35-,36+/m1/s1. The van der Waals surface area contributed by atoms with Crippen LogP contribution in [-0.4, -0.2) is 76.7 Å². The first-order valence-corrected chi connectivity index (χ1v) is 17.6. The van der Waals surface area contributed by atoms with Gasteiger partial charge in [0.15, 0.2) is 11.4 Å². The average Bonchev–Trinajstić information content (AvgIpc) is 3.66. The summed E-state index contributed by atoms with van der Waals surface area (Å²) >= 11 is 0. The van der Waals surface area contributed by atoms with E-state index < -0.39 is 47.4 Å². The number of nitrogens with one attached hydrogen (secondary N) is 2. The molecular weight excluding hydrogens is 653 g/mol. The van der Waals surface area contributed by atoms with Gasteiger partial charge in [0, 0.05) is 29.8 Å². The van der Waals surface area contributed by atoms with Crippen LogP contribution in [0.5, 0.6) is 11.5 Å². The molecule has 272 valence electrons. The summed E-state index contributed by atoms with van der Waals surface area (Å²) in [7, 11) is 1.48. The molecule has 3 N–H and O–H groups in total. The van der Waals surface area contributed by atoms with E-state index in [4.69, 9.17) is 14.2 Å². The van der Waals surface area contributed by atoms with Gasteiger partial charge < -0.3 is 30.0 Å². The van der Waals surface area contributed by atoms with Crippen LogP contribution in [-0.2, 0) is 22.1 Å². The lowest BCUT2D eigenvalue weighted by atomic mass is 9.87. The number of halogens is 3. The van der Waals surface area contributed by atoms with E-state index in [-0.39, 0.29) is 55.5 Å². The number of aliphatic hydroxyl groups excluding tert-OH is 1. The van der Waals surface area contributed by atoms with Crippen molar-refractivity contribution in [3.63, 3.8) is 0 Å². The molecule has 50 heavy (non-hydrogen) atoms. The van der Waals surface area contributed by atoms with E-state index in [1.807, 2.05) is 13.8 Å². The first kappa shape index (κ1) is 36.0. The Bertz CT molecular complexity index is 1670. The van der Waals surface area contributed by atoms with E-state index in [1.165, 1.54) is 13.2 Å². The topological polar surface area (TPSA) is 122 Å². The highest BCUT2D eigenvalue weighted by molar-refractivity contribution is 5.87. The van der Waals surface area contributed by atoms with E-state index in [0.29, 0.717) is 42.4 Å². The average molecular weight is 701 g/mol. The van der Waals surface area contributed by atoms with E-state index >= 15 is 0 Å². The number of pyridine rings is 1. The Hall–Kier alpha value is -3.84. The molecular formula is C37H47F3N4O6. The number of aliphatic hydroxyl groups is 1. The van der Waals surface area contributed by atoms with Crippen LogP contribution in [0.25, 0.3) is 10.9 Å². The number of benzene rings is 1. The molecule has 2 fully saturated rings. The predicted octanol–water partition coefficient (Wildman–Crippen LogP) is 6.19. The number of alkyl carbamates (subject to hydrolysis) is 1. The number of ether oxygens (including phenoxy) is 3. The molecule has 1 spiro atoms. The highest BCUT2D eigenvalue weighted by Gasteiger charge is 2.59. The van der Waals surface area contributed by atoms with E-state index in [1.54, 1.807) is 17.0 Å². The fourth-order valence-electron chi connectivity index (χ4n) is 7.88. The maximum absolute atomic E-state index is 14.6.